The number of hydrogen-bond acceptors (Lipinski definition) is 2. The van der Waals surface area contributed by atoms with Crippen molar-refractivity contribution in [1.29, 1.82) is 0 Å². The maximum absolute atomic E-state index is 12.4. The Hall–Kier alpha value is -2.62. The fraction of sp³-hybridized carbons (Fsp3) is 0.440. The van der Waals surface area contributed by atoms with Gasteiger partial charge >= 0.3 is 0 Å². The summed E-state index contributed by atoms with van der Waals surface area (Å²) in [5.41, 5.74) is 2.47. The normalized spacial score (nSPS) is 11.8. The minimum atomic E-state index is -0.513. The molecule has 0 fully saturated rings. The molecule has 0 heterocycles. The third kappa shape index (κ3) is 8.10. The van der Waals surface area contributed by atoms with Gasteiger partial charge in [0.25, 0.3) is 0 Å². The van der Waals surface area contributed by atoms with Crippen LogP contribution in [-0.4, -0.2) is 24.4 Å². The highest BCUT2D eigenvalue weighted by Gasteiger charge is 2.17. The third-order valence-corrected chi connectivity index (χ3v) is 5.16. The Morgan fingerprint density at radius 1 is 0.862 bits per heavy atom. The zero-order valence-corrected chi connectivity index (χ0v) is 17.7. The van der Waals surface area contributed by atoms with E-state index in [0.717, 1.165) is 32.1 Å². The summed E-state index contributed by atoms with van der Waals surface area (Å²) < 4.78 is 0. The van der Waals surface area contributed by atoms with E-state index in [4.69, 9.17) is 0 Å². The molecule has 4 nitrogen and oxygen atoms in total. The predicted octanol–water partition coefficient (Wildman–Crippen LogP) is 4.80. The Kier molecular flexibility index (Phi) is 9.98. The minimum absolute atomic E-state index is 0.0461. The van der Waals surface area contributed by atoms with E-state index in [1.54, 1.807) is 6.92 Å². The molecule has 0 saturated carbocycles. The lowest BCUT2D eigenvalue weighted by molar-refractivity contribution is -0.128. The summed E-state index contributed by atoms with van der Waals surface area (Å²) in [7, 11) is 0. The molecule has 2 N–H and O–H groups in total. The molecule has 2 amide bonds. The van der Waals surface area contributed by atoms with Gasteiger partial charge in [0.05, 0.1) is 0 Å². The molecule has 2 aromatic carbocycles. The second-order valence-corrected chi connectivity index (χ2v) is 7.55. The maximum Gasteiger partial charge on any atom is 0.242 e. The number of unbranched alkanes of at least 4 members (excludes halogenated alkanes) is 3. The maximum atomic E-state index is 12.4. The lowest BCUT2D eigenvalue weighted by atomic mass is 9.88. The molecular weight excluding hydrogens is 360 g/mol. The standard InChI is InChI=1S/C25H34N2O2/c1-3-4-5-12-17-24(28)27-20(2)25(29)26-19-18-23(21-13-8-6-9-14-21)22-15-10-7-11-16-22/h6-11,13-16,20,23H,3-5,12,17-19H2,1-2H3,(H,26,29)(H,27,28). The molecule has 0 spiro atoms. The molecule has 0 saturated heterocycles. The molecule has 2 rings (SSSR count). The molecule has 0 aliphatic heterocycles. The second-order valence-electron chi connectivity index (χ2n) is 7.55. The SMILES string of the molecule is CCCCCCC(=O)NC(C)C(=O)NCCC(c1ccccc1)c1ccccc1. The van der Waals surface area contributed by atoms with E-state index >= 15 is 0 Å². The zero-order valence-electron chi connectivity index (χ0n) is 17.7. The largest absolute Gasteiger partial charge is 0.354 e. The quantitative estimate of drug-likeness (QED) is 0.508. The molecule has 1 unspecified atom stereocenters. The van der Waals surface area contributed by atoms with E-state index in [2.05, 4.69) is 41.8 Å². The summed E-state index contributed by atoms with van der Waals surface area (Å²) >= 11 is 0. The van der Waals surface area contributed by atoms with Crippen molar-refractivity contribution in [3.8, 4) is 0 Å². The van der Waals surface area contributed by atoms with Crippen molar-refractivity contribution >= 4 is 11.8 Å². The number of rotatable bonds is 12. The Balaban J connectivity index is 1.82. The fourth-order valence-corrected chi connectivity index (χ4v) is 3.48. The number of carbonyl (C=O) groups is 2. The fourth-order valence-electron chi connectivity index (χ4n) is 3.48. The molecule has 2 aromatic rings. The molecule has 0 aromatic heterocycles. The molecule has 0 bridgehead atoms. The Morgan fingerprint density at radius 2 is 1.45 bits per heavy atom. The number of nitrogens with one attached hydrogen (secondary N) is 2. The van der Waals surface area contributed by atoms with Crippen molar-refractivity contribution in [1.82, 2.24) is 10.6 Å². The van der Waals surface area contributed by atoms with Gasteiger partial charge < -0.3 is 10.6 Å². The van der Waals surface area contributed by atoms with Crippen molar-refractivity contribution in [3.05, 3.63) is 71.8 Å². The number of hydrogen-bond donors (Lipinski definition) is 2. The first-order valence-electron chi connectivity index (χ1n) is 10.8. The molecular formula is C25H34N2O2. The third-order valence-electron chi connectivity index (χ3n) is 5.16. The van der Waals surface area contributed by atoms with Crippen molar-refractivity contribution in [2.24, 2.45) is 0 Å². The summed E-state index contributed by atoms with van der Waals surface area (Å²) in [6.45, 7) is 4.45. The first kappa shape index (κ1) is 22.7. The summed E-state index contributed by atoms with van der Waals surface area (Å²) in [5.74, 6) is 0.0446. The lowest BCUT2D eigenvalue weighted by Gasteiger charge is -2.19. The van der Waals surface area contributed by atoms with E-state index in [9.17, 15) is 9.59 Å². The van der Waals surface area contributed by atoms with E-state index in [1.165, 1.54) is 11.1 Å². The highest BCUT2D eigenvalue weighted by molar-refractivity contribution is 5.87. The van der Waals surface area contributed by atoms with Gasteiger partial charge in [0.2, 0.25) is 11.8 Å². The van der Waals surface area contributed by atoms with Gasteiger partial charge in [0, 0.05) is 18.9 Å². The molecule has 0 radical (unpaired) electrons. The average Bonchev–Trinajstić information content (AvgIpc) is 2.75. The average molecular weight is 395 g/mol. The number of amides is 2. The minimum Gasteiger partial charge on any atom is -0.354 e. The summed E-state index contributed by atoms with van der Waals surface area (Å²) in [6, 6.07) is 20.2. The van der Waals surface area contributed by atoms with E-state index in [0.29, 0.717) is 13.0 Å². The smallest absolute Gasteiger partial charge is 0.242 e. The topological polar surface area (TPSA) is 58.2 Å². The Labute approximate surface area is 175 Å². The van der Waals surface area contributed by atoms with Crippen LogP contribution in [0.4, 0.5) is 0 Å². The van der Waals surface area contributed by atoms with Gasteiger partial charge in [-0.2, -0.15) is 0 Å². The van der Waals surface area contributed by atoms with Gasteiger partial charge in [0.1, 0.15) is 6.04 Å². The summed E-state index contributed by atoms with van der Waals surface area (Å²) in [6.07, 6.45) is 5.52. The number of carbonyl (C=O) groups excluding carboxylic acids is 2. The van der Waals surface area contributed by atoms with Gasteiger partial charge in [0.15, 0.2) is 0 Å². The van der Waals surface area contributed by atoms with Crippen LogP contribution in [0.3, 0.4) is 0 Å². The Bertz CT molecular complexity index is 692. The lowest BCUT2D eigenvalue weighted by Crippen LogP contribution is -2.45. The van der Waals surface area contributed by atoms with Crippen LogP contribution in [0.2, 0.25) is 0 Å². The van der Waals surface area contributed by atoms with E-state index in [1.807, 2.05) is 36.4 Å². The predicted molar refractivity (Wildman–Crippen MR) is 119 cm³/mol. The van der Waals surface area contributed by atoms with E-state index in [-0.39, 0.29) is 17.7 Å². The van der Waals surface area contributed by atoms with Crippen molar-refractivity contribution in [2.45, 2.75) is 64.3 Å². The summed E-state index contributed by atoms with van der Waals surface area (Å²) in [5, 5.41) is 5.79. The highest BCUT2D eigenvalue weighted by atomic mass is 16.2. The first-order valence-corrected chi connectivity index (χ1v) is 10.8. The Morgan fingerprint density at radius 3 is 2.00 bits per heavy atom. The van der Waals surface area contributed by atoms with Crippen molar-refractivity contribution in [2.75, 3.05) is 6.54 Å². The molecule has 0 aliphatic rings. The van der Waals surface area contributed by atoms with Crippen LogP contribution in [0.1, 0.15) is 69.4 Å². The highest BCUT2D eigenvalue weighted by Crippen LogP contribution is 2.27. The van der Waals surface area contributed by atoms with Crippen LogP contribution in [0.15, 0.2) is 60.7 Å². The molecule has 29 heavy (non-hydrogen) atoms. The van der Waals surface area contributed by atoms with Gasteiger partial charge in [-0.25, -0.2) is 0 Å². The molecule has 4 heteroatoms. The number of benzene rings is 2. The first-order chi connectivity index (χ1) is 14.1. The van der Waals surface area contributed by atoms with Crippen LogP contribution < -0.4 is 10.6 Å². The zero-order chi connectivity index (χ0) is 20.9. The van der Waals surface area contributed by atoms with E-state index < -0.39 is 6.04 Å². The molecule has 156 valence electrons. The van der Waals surface area contributed by atoms with Crippen LogP contribution in [-0.2, 0) is 9.59 Å². The summed E-state index contributed by atoms with van der Waals surface area (Å²) in [4.78, 5) is 24.4. The monoisotopic (exact) mass is 394 g/mol. The van der Waals surface area contributed by atoms with Gasteiger partial charge in [-0.3, -0.25) is 9.59 Å². The van der Waals surface area contributed by atoms with Gasteiger partial charge in [-0.1, -0.05) is 86.8 Å². The molecule has 1 atom stereocenters. The van der Waals surface area contributed by atoms with Gasteiger partial charge in [-0.15, -0.1) is 0 Å². The molecule has 0 aliphatic carbocycles. The van der Waals surface area contributed by atoms with Crippen LogP contribution in [0.25, 0.3) is 0 Å². The van der Waals surface area contributed by atoms with Crippen LogP contribution in [0, 0.1) is 0 Å². The van der Waals surface area contributed by atoms with Crippen molar-refractivity contribution < 1.29 is 9.59 Å². The van der Waals surface area contributed by atoms with Crippen LogP contribution >= 0.6 is 0 Å². The van der Waals surface area contributed by atoms with Gasteiger partial charge in [-0.05, 0) is 30.9 Å². The van der Waals surface area contributed by atoms with Crippen molar-refractivity contribution in [3.63, 3.8) is 0 Å². The second kappa shape index (κ2) is 12.8. The van der Waals surface area contributed by atoms with Crippen LogP contribution in [0.5, 0.6) is 0 Å².